The second-order valence-corrected chi connectivity index (χ2v) is 5.34. The molecule has 0 aromatic heterocycles. The zero-order chi connectivity index (χ0) is 19.3. The highest BCUT2D eigenvalue weighted by molar-refractivity contribution is 5.49. The van der Waals surface area contributed by atoms with Gasteiger partial charge in [0.05, 0.1) is 4.92 Å². The number of rotatable bonds is 14. The van der Waals surface area contributed by atoms with Crippen molar-refractivity contribution >= 4 is 6.29 Å². The van der Waals surface area contributed by atoms with Gasteiger partial charge in [0.2, 0.25) is 0 Å². The highest BCUT2D eigenvalue weighted by atomic mass is 16.6. The zero-order valence-electron chi connectivity index (χ0n) is 15.5. The Morgan fingerprint density at radius 2 is 1.42 bits per heavy atom. The average Bonchev–Trinajstić information content (AvgIpc) is 2.63. The molecule has 0 aromatic carbocycles. The summed E-state index contributed by atoms with van der Waals surface area (Å²) >= 11 is 0. The van der Waals surface area contributed by atoms with Crippen LogP contribution < -0.4 is 0 Å². The van der Waals surface area contributed by atoms with Crippen LogP contribution >= 0.6 is 0 Å². The first kappa shape index (κ1) is 23.2. The molecule has 140 valence electrons. The third kappa shape index (κ3) is 16.1. The van der Waals surface area contributed by atoms with Crippen molar-refractivity contribution in [2.45, 2.75) is 45.4 Å². The minimum absolute atomic E-state index is 0.0380. The number of nitro groups is 1. The first-order valence-corrected chi connectivity index (χ1v) is 8.95. The smallest absolute Gasteiger partial charge is 0.269 e. The molecule has 0 unspecified atom stereocenters. The predicted octanol–water partition coefficient (Wildman–Crippen LogP) is 6.04. The molecule has 0 heterocycles. The van der Waals surface area contributed by atoms with E-state index < -0.39 is 4.92 Å². The summed E-state index contributed by atoms with van der Waals surface area (Å²) in [6, 6.07) is 0. The number of unbranched alkanes of at least 4 members (excludes halogenated alkanes) is 1. The van der Waals surface area contributed by atoms with Gasteiger partial charge in [-0.25, -0.2) is 0 Å². The van der Waals surface area contributed by atoms with E-state index in [1.54, 1.807) is 12.2 Å². The molecule has 0 aliphatic carbocycles. The minimum atomic E-state index is -0.408. The summed E-state index contributed by atoms with van der Waals surface area (Å²) in [5, 5.41) is 11.0. The fourth-order valence-electron chi connectivity index (χ4n) is 1.80. The fourth-order valence-corrected chi connectivity index (χ4v) is 1.80. The third-order valence-electron chi connectivity index (χ3n) is 3.13. The van der Waals surface area contributed by atoms with Crippen molar-refractivity contribution in [3.63, 3.8) is 0 Å². The largest absolute Gasteiger partial charge is 0.303 e. The molecule has 4 nitrogen and oxygen atoms in total. The van der Waals surface area contributed by atoms with Crippen molar-refractivity contribution in [3.8, 4) is 0 Å². The van der Waals surface area contributed by atoms with Crippen LogP contribution in [0.1, 0.15) is 45.4 Å². The Kier molecular flexibility index (Phi) is 16.6. The number of nitrogens with zero attached hydrogens (tertiary/aromatic N) is 1. The van der Waals surface area contributed by atoms with E-state index in [0.29, 0.717) is 12.8 Å². The number of hydrogen-bond acceptors (Lipinski definition) is 3. The number of hydrogen-bond donors (Lipinski definition) is 0. The summed E-state index contributed by atoms with van der Waals surface area (Å²) < 4.78 is 0. The Labute approximate surface area is 156 Å². The van der Waals surface area contributed by atoms with Crippen LogP contribution in [0.25, 0.3) is 0 Å². The Bertz CT molecular complexity index is 591. The molecule has 0 amide bonds. The number of allylic oxidation sites excluding steroid dienone is 13. The van der Waals surface area contributed by atoms with E-state index in [4.69, 9.17) is 0 Å². The summed E-state index contributed by atoms with van der Waals surface area (Å²) in [5.41, 5.74) is 0.0380. The van der Waals surface area contributed by atoms with Crippen molar-refractivity contribution in [1.82, 2.24) is 0 Å². The number of aldehydes is 1. The van der Waals surface area contributed by atoms with E-state index >= 15 is 0 Å². The molecule has 0 atom stereocenters. The SMILES string of the molecule is CC/C=C/C/C=C/C/C=C/C=C/C(=C/C=C/C/C=C/CCC=O)[N+](=O)[O-]. The van der Waals surface area contributed by atoms with Crippen LogP contribution in [0.4, 0.5) is 0 Å². The van der Waals surface area contributed by atoms with Crippen LogP contribution in [0, 0.1) is 10.1 Å². The van der Waals surface area contributed by atoms with Crippen molar-refractivity contribution in [2.75, 3.05) is 0 Å². The predicted molar refractivity (Wildman–Crippen MR) is 109 cm³/mol. The molecule has 0 spiro atoms. The molecule has 0 saturated carbocycles. The molecule has 0 saturated heterocycles. The lowest BCUT2D eigenvalue weighted by molar-refractivity contribution is -0.419. The standard InChI is InChI=1S/C22H29NO3/c1-2-3-4-5-6-7-8-10-13-16-19-22(23(25)26)20-17-14-11-9-12-15-18-21-24/h3-4,6-7,9-10,12-14,16-17,19-21H,2,5,8,11,15,18H2,1H3/b4-3+,7-6+,12-9+,13-10+,17-14+,19-16+,22-20-. The van der Waals surface area contributed by atoms with Gasteiger partial charge in [-0.3, -0.25) is 10.1 Å². The molecule has 0 aliphatic heterocycles. The summed E-state index contributed by atoms with van der Waals surface area (Å²) in [5.74, 6) is 0. The van der Waals surface area contributed by atoms with E-state index in [0.717, 1.165) is 32.0 Å². The van der Waals surface area contributed by atoms with Gasteiger partial charge in [-0.05, 0) is 32.1 Å². The summed E-state index contributed by atoms with van der Waals surface area (Å²) in [7, 11) is 0. The molecule has 0 fully saturated rings. The maximum absolute atomic E-state index is 11.0. The van der Waals surface area contributed by atoms with Gasteiger partial charge in [-0.2, -0.15) is 0 Å². The summed E-state index contributed by atoms with van der Waals surface area (Å²) in [6.45, 7) is 2.11. The lowest BCUT2D eigenvalue weighted by atomic mass is 10.2. The lowest BCUT2D eigenvalue weighted by Crippen LogP contribution is -1.94. The maximum atomic E-state index is 11.0. The molecule has 4 heteroatoms. The minimum Gasteiger partial charge on any atom is -0.303 e. The molecular formula is C22H29NO3. The van der Waals surface area contributed by atoms with Gasteiger partial charge in [0.15, 0.2) is 0 Å². The lowest BCUT2D eigenvalue weighted by Gasteiger charge is -1.88. The van der Waals surface area contributed by atoms with Crippen molar-refractivity contribution in [1.29, 1.82) is 0 Å². The van der Waals surface area contributed by atoms with E-state index in [2.05, 4.69) is 31.2 Å². The fraction of sp³-hybridized carbons (Fsp3) is 0.318. The van der Waals surface area contributed by atoms with Crippen LogP contribution in [0.3, 0.4) is 0 Å². The van der Waals surface area contributed by atoms with Gasteiger partial charge in [0.25, 0.3) is 5.70 Å². The highest BCUT2D eigenvalue weighted by Gasteiger charge is 2.01. The Balaban J connectivity index is 4.27. The van der Waals surface area contributed by atoms with Crippen LogP contribution in [0.2, 0.25) is 0 Å². The second-order valence-electron chi connectivity index (χ2n) is 5.34. The Morgan fingerprint density at radius 3 is 2.08 bits per heavy atom. The topological polar surface area (TPSA) is 60.2 Å². The zero-order valence-corrected chi connectivity index (χ0v) is 15.5. The first-order chi connectivity index (χ1) is 12.7. The molecule has 0 aromatic rings. The van der Waals surface area contributed by atoms with E-state index in [9.17, 15) is 14.9 Å². The van der Waals surface area contributed by atoms with Crippen LogP contribution in [0.15, 0.2) is 84.7 Å². The molecular weight excluding hydrogens is 326 g/mol. The van der Waals surface area contributed by atoms with Crippen molar-refractivity contribution in [2.24, 2.45) is 0 Å². The van der Waals surface area contributed by atoms with Crippen molar-refractivity contribution in [3.05, 3.63) is 94.8 Å². The summed E-state index contributed by atoms with van der Waals surface area (Å²) in [4.78, 5) is 20.7. The average molecular weight is 355 g/mol. The van der Waals surface area contributed by atoms with E-state index in [1.165, 1.54) is 12.2 Å². The Morgan fingerprint density at radius 1 is 0.808 bits per heavy atom. The number of carbonyl (C=O) groups is 1. The van der Waals surface area contributed by atoms with Gasteiger partial charge in [0.1, 0.15) is 6.29 Å². The number of carbonyl (C=O) groups excluding carboxylic acids is 1. The second kappa shape index (κ2) is 18.6. The van der Waals surface area contributed by atoms with E-state index in [-0.39, 0.29) is 5.70 Å². The molecule has 0 aliphatic rings. The molecule has 0 rings (SSSR count). The van der Waals surface area contributed by atoms with Gasteiger partial charge < -0.3 is 4.79 Å². The molecule has 26 heavy (non-hydrogen) atoms. The van der Waals surface area contributed by atoms with E-state index in [1.807, 2.05) is 30.4 Å². The van der Waals surface area contributed by atoms with Crippen LogP contribution in [-0.4, -0.2) is 11.2 Å². The first-order valence-electron chi connectivity index (χ1n) is 8.95. The molecule has 0 N–H and O–H groups in total. The van der Waals surface area contributed by atoms with Crippen LogP contribution in [-0.2, 0) is 4.79 Å². The normalized spacial score (nSPS) is 13.5. The maximum Gasteiger partial charge on any atom is 0.269 e. The molecule has 0 bridgehead atoms. The summed E-state index contributed by atoms with van der Waals surface area (Å²) in [6.07, 6.45) is 29.8. The van der Waals surface area contributed by atoms with Gasteiger partial charge in [0, 0.05) is 18.6 Å². The van der Waals surface area contributed by atoms with Crippen LogP contribution in [0.5, 0.6) is 0 Å². The quantitative estimate of drug-likeness (QED) is 0.0952. The van der Waals surface area contributed by atoms with Crippen molar-refractivity contribution < 1.29 is 9.72 Å². The van der Waals surface area contributed by atoms with Gasteiger partial charge in [-0.1, -0.05) is 73.8 Å². The highest BCUT2D eigenvalue weighted by Crippen LogP contribution is 2.01. The Hall–Kier alpha value is -2.75. The molecule has 0 radical (unpaired) electrons. The van der Waals surface area contributed by atoms with Gasteiger partial charge in [-0.15, -0.1) is 0 Å². The monoisotopic (exact) mass is 355 g/mol. The van der Waals surface area contributed by atoms with Gasteiger partial charge >= 0.3 is 0 Å². The third-order valence-corrected chi connectivity index (χ3v) is 3.13.